The summed E-state index contributed by atoms with van der Waals surface area (Å²) in [5.41, 5.74) is 0.955. The lowest BCUT2D eigenvalue weighted by Crippen LogP contribution is -2.32. The number of ether oxygens (including phenoxy) is 2. The van der Waals surface area contributed by atoms with E-state index in [1.54, 1.807) is 12.1 Å². The standard InChI is InChI=1S/C15H23F2NO3/c1-11(2)20-10-13(19)9-18(3)8-12-4-6-14(7-5-12)21-15(16)17/h4-7,11,13,15,19H,8-10H2,1-3H3. The van der Waals surface area contributed by atoms with Crippen LogP contribution in [-0.2, 0) is 11.3 Å². The molecule has 4 nitrogen and oxygen atoms in total. The molecule has 1 atom stereocenters. The van der Waals surface area contributed by atoms with E-state index in [9.17, 15) is 13.9 Å². The molecule has 0 saturated carbocycles. The summed E-state index contributed by atoms with van der Waals surface area (Å²) in [4.78, 5) is 1.94. The molecule has 0 saturated heterocycles. The van der Waals surface area contributed by atoms with Crippen molar-refractivity contribution >= 4 is 0 Å². The van der Waals surface area contributed by atoms with Gasteiger partial charge >= 0.3 is 6.61 Å². The van der Waals surface area contributed by atoms with Crippen LogP contribution in [0.1, 0.15) is 19.4 Å². The van der Waals surface area contributed by atoms with Gasteiger partial charge in [-0.15, -0.1) is 0 Å². The van der Waals surface area contributed by atoms with Gasteiger partial charge in [-0.25, -0.2) is 0 Å². The van der Waals surface area contributed by atoms with E-state index in [1.165, 1.54) is 12.1 Å². The lowest BCUT2D eigenvalue weighted by Gasteiger charge is -2.21. The SMILES string of the molecule is CC(C)OCC(O)CN(C)Cc1ccc(OC(F)F)cc1. The van der Waals surface area contributed by atoms with Crippen LogP contribution in [0.2, 0.25) is 0 Å². The van der Waals surface area contributed by atoms with Crippen molar-refractivity contribution in [3.05, 3.63) is 29.8 Å². The molecule has 1 aromatic rings. The van der Waals surface area contributed by atoms with Gasteiger partial charge < -0.3 is 14.6 Å². The predicted octanol–water partition coefficient (Wildman–Crippen LogP) is 2.51. The number of halogens is 2. The van der Waals surface area contributed by atoms with Gasteiger partial charge in [0, 0.05) is 13.1 Å². The zero-order valence-electron chi connectivity index (χ0n) is 12.6. The number of rotatable bonds is 9. The van der Waals surface area contributed by atoms with Crippen LogP contribution < -0.4 is 4.74 Å². The number of alkyl halides is 2. The first-order valence-corrected chi connectivity index (χ1v) is 6.88. The highest BCUT2D eigenvalue weighted by Crippen LogP contribution is 2.15. The van der Waals surface area contributed by atoms with Gasteiger partial charge in [0.2, 0.25) is 0 Å². The van der Waals surface area contributed by atoms with Gasteiger partial charge in [-0.2, -0.15) is 8.78 Å². The first kappa shape index (κ1) is 17.8. The predicted molar refractivity (Wildman–Crippen MR) is 76.5 cm³/mol. The molecule has 0 aliphatic carbocycles. The number of nitrogens with zero attached hydrogens (tertiary/aromatic N) is 1. The van der Waals surface area contributed by atoms with Crippen LogP contribution in [0.5, 0.6) is 5.75 Å². The van der Waals surface area contributed by atoms with Crippen molar-refractivity contribution in [1.29, 1.82) is 0 Å². The first-order chi connectivity index (χ1) is 9.86. The highest BCUT2D eigenvalue weighted by molar-refractivity contribution is 5.27. The molecule has 1 N–H and O–H groups in total. The van der Waals surface area contributed by atoms with Gasteiger partial charge in [0.1, 0.15) is 5.75 Å². The Morgan fingerprint density at radius 3 is 2.33 bits per heavy atom. The molecule has 21 heavy (non-hydrogen) atoms. The van der Waals surface area contributed by atoms with Gasteiger partial charge in [0.15, 0.2) is 0 Å². The molecular formula is C15H23F2NO3. The number of aliphatic hydroxyl groups excluding tert-OH is 1. The lowest BCUT2D eigenvalue weighted by molar-refractivity contribution is -0.0498. The van der Waals surface area contributed by atoms with Crippen molar-refractivity contribution in [1.82, 2.24) is 4.90 Å². The maximum absolute atomic E-state index is 12.0. The highest BCUT2D eigenvalue weighted by atomic mass is 19.3. The molecule has 0 bridgehead atoms. The van der Waals surface area contributed by atoms with Crippen molar-refractivity contribution in [3.63, 3.8) is 0 Å². The van der Waals surface area contributed by atoms with Crippen molar-refractivity contribution in [2.45, 2.75) is 39.2 Å². The summed E-state index contributed by atoms with van der Waals surface area (Å²) in [5, 5.41) is 9.82. The molecular weight excluding hydrogens is 280 g/mol. The highest BCUT2D eigenvalue weighted by Gasteiger charge is 2.10. The van der Waals surface area contributed by atoms with Gasteiger partial charge in [0.25, 0.3) is 0 Å². The zero-order valence-corrected chi connectivity index (χ0v) is 12.6. The van der Waals surface area contributed by atoms with Crippen LogP contribution in [-0.4, -0.2) is 49.0 Å². The zero-order chi connectivity index (χ0) is 15.8. The third-order valence-electron chi connectivity index (χ3n) is 2.75. The Hall–Kier alpha value is -1.24. The summed E-state index contributed by atoms with van der Waals surface area (Å²) >= 11 is 0. The molecule has 0 fully saturated rings. The van der Waals surface area contributed by atoms with Gasteiger partial charge in [-0.05, 0) is 38.6 Å². The molecule has 0 spiro atoms. The number of likely N-dealkylation sites (N-methyl/N-ethyl adjacent to an activating group) is 1. The molecule has 0 aliphatic heterocycles. The Morgan fingerprint density at radius 1 is 1.19 bits per heavy atom. The Morgan fingerprint density at radius 2 is 1.81 bits per heavy atom. The van der Waals surface area contributed by atoms with E-state index in [-0.39, 0.29) is 11.9 Å². The minimum atomic E-state index is -2.81. The molecule has 120 valence electrons. The Labute approximate surface area is 124 Å². The van der Waals surface area contributed by atoms with Crippen molar-refractivity contribution in [3.8, 4) is 5.75 Å². The summed E-state index contributed by atoms with van der Waals surface area (Å²) in [7, 11) is 1.88. The lowest BCUT2D eigenvalue weighted by atomic mass is 10.2. The maximum atomic E-state index is 12.0. The summed E-state index contributed by atoms with van der Waals surface area (Å²) < 4.78 is 33.7. The third kappa shape index (κ3) is 7.94. The van der Waals surface area contributed by atoms with Crippen molar-refractivity contribution < 1.29 is 23.4 Å². The number of hydrogen-bond acceptors (Lipinski definition) is 4. The second kappa shape index (κ2) is 8.92. The van der Waals surface area contributed by atoms with Crippen LogP contribution in [0.4, 0.5) is 8.78 Å². The third-order valence-corrected chi connectivity index (χ3v) is 2.75. The number of benzene rings is 1. The van der Waals surface area contributed by atoms with Gasteiger partial charge in [-0.3, -0.25) is 4.90 Å². The Bertz CT molecular complexity index is 398. The fourth-order valence-electron chi connectivity index (χ4n) is 1.87. The molecule has 0 radical (unpaired) electrons. The topological polar surface area (TPSA) is 41.9 Å². The summed E-state index contributed by atoms with van der Waals surface area (Å²) in [5.74, 6) is 0.141. The van der Waals surface area contributed by atoms with Crippen LogP contribution in [0.25, 0.3) is 0 Å². The van der Waals surface area contributed by atoms with E-state index in [0.717, 1.165) is 5.56 Å². The Kier molecular flexibility index (Phi) is 7.56. The largest absolute Gasteiger partial charge is 0.435 e. The van der Waals surface area contributed by atoms with E-state index >= 15 is 0 Å². The fraction of sp³-hybridized carbons (Fsp3) is 0.600. The minimum absolute atomic E-state index is 0.0901. The summed E-state index contributed by atoms with van der Waals surface area (Å²) in [6.07, 6.45) is -0.467. The number of aliphatic hydroxyl groups is 1. The molecule has 0 amide bonds. The number of hydrogen-bond donors (Lipinski definition) is 1. The van der Waals surface area contributed by atoms with Crippen LogP contribution >= 0.6 is 0 Å². The fourth-order valence-corrected chi connectivity index (χ4v) is 1.87. The first-order valence-electron chi connectivity index (χ1n) is 6.88. The van der Waals surface area contributed by atoms with E-state index in [4.69, 9.17) is 4.74 Å². The molecule has 0 heterocycles. The summed E-state index contributed by atoms with van der Waals surface area (Å²) in [6, 6.07) is 6.47. The molecule has 1 rings (SSSR count). The molecule has 1 unspecified atom stereocenters. The maximum Gasteiger partial charge on any atom is 0.387 e. The minimum Gasteiger partial charge on any atom is -0.435 e. The van der Waals surface area contributed by atoms with Gasteiger partial charge in [0.05, 0.1) is 18.8 Å². The van der Waals surface area contributed by atoms with Crippen molar-refractivity contribution in [2.24, 2.45) is 0 Å². The summed E-state index contributed by atoms with van der Waals surface area (Å²) in [6.45, 7) is 2.40. The van der Waals surface area contributed by atoms with Crippen LogP contribution in [0, 0.1) is 0 Å². The average molecular weight is 303 g/mol. The van der Waals surface area contributed by atoms with E-state index < -0.39 is 12.7 Å². The molecule has 0 aliphatic rings. The monoisotopic (exact) mass is 303 g/mol. The van der Waals surface area contributed by atoms with E-state index in [0.29, 0.717) is 19.7 Å². The van der Waals surface area contributed by atoms with Crippen LogP contribution in [0.15, 0.2) is 24.3 Å². The quantitative estimate of drug-likeness (QED) is 0.761. The molecule has 0 aromatic heterocycles. The van der Waals surface area contributed by atoms with Gasteiger partial charge in [-0.1, -0.05) is 12.1 Å². The second-order valence-electron chi connectivity index (χ2n) is 5.26. The molecule has 1 aromatic carbocycles. The van der Waals surface area contributed by atoms with E-state index in [2.05, 4.69) is 4.74 Å². The molecule has 6 heteroatoms. The normalized spacial score (nSPS) is 13.2. The average Bonchev–Trinajstić information content (AvgIpc) is 2.38. The smallest absolute Gasteiger partial charge is 0.387 e. The second-order valence-corrected chi connectivity index (χ2v) is 5.26. The van der Waals surface area contributed by atoms with Crippen molar-refractivity contribution in [2.75, 3.05) is 20.2 Å². The van der Waals surface area contributed by atoms with Crippen LogP contribution in [0.3, 0.4) is 0 Å². The Balaban J connectivity index is 2.38. The van der Waals surface area contributed by atoms with E-state index in [1.807, 2.05) is 25.8 Å².